The molecule has 1 aromatic heterocycles. The van der Waals surface area contributed by atoms with E-state index in [9.17, 15) is 14.7 Å². The quantitative estimate of drug-likeness (QED) is 0.835. The first-order valence-corrected chi connectivity index (χ1v) is 7.93. The van der Waals surface area contributed by atoms with Gasteiger partial charge in [0.1, 0.15) is 11.9 Å². The van der Waals surface area contributed by atoms with Crippen molar-refractivity contribution in [2.24, 2.45) is 0 Å². The van der Waals surface area contributed by atoms with Gasteiger partial charge in [0.25, 0.3) is 5.91 Å². The third-order valence-electron chi connectivity index (χ3n) is 3.76. The molecule has 0 saturated heterocycles. The van der Waals surface area contributed by atoms with Gasteiger partial charge in [-0.3, -0.25) is 4.79 Å². The Hall–Kier alpha value is -1.93. The van der Waals surface area contributed by atoms with Gasteiger partial charge in [-0.1, -0.05) is 11.6 Å². The Balaban J connectivity index is 1.99. The van der Waals surface area contributed by atoms with E-state index in [1.54, 1.807) is 29.7 Å². The maximum Gasteiger partial charge on any atom is 0.328 e. The number of aryl methyl sites for hydroxylation is 1. The van der Waals surface area contributed by atoms with Crippen LogP contribution in [0.3, 0.4) is 0 Å². The SMILES string of the molecule is Cc1nnc2n1CC(C(=O)O)N(C(=O)c1ccc(Cl)cc1Br)C2. The summed E-state index contributed by atoms with van der Waals surface area (Å²) in [5.41, 5.74) is 0.352. The molecule has 1 unspecified atom stereocenters. The molecule has 0 radical (unpaired) electrons. The minimum Gasteiger partial charge on any atom is -0.480 e. The molecule has 3 rings (SSSR count). The number of hydrogen-bond acceptors (Lipinski definition) is 4. The number of carbonyl (C=O) groups excluding carboxylic acids is 1. The van der Waals surface area contributed by atoms with Gasteiger partial charge >= 0.3 is 5.97 Å². The fourth-order valence-corrected chi connectivity index (χ4v) is 3.41. The van der Waals surface area contributed by atoms with Gasteiger partial charge in [-0.05, 0) is 41.1 Å². The highest BCUT2D eigenvalue weighted by Gasteiger charge is 2.37. The van der Waals surface area contributed by atoms with Crippen molar-refractivity contribution >= 4 is 39.4 Å². The van der Waals surface area contributed by atoms with E-state index in [4.69, 9.17) is 11.6 Å². The zero-order chi connectivity index (χ0) is 16.7. The number of carboxylic acid groups (broad SMARTS) is 1. The first-order chi connectivity index (χ1) is 10.9. The van der Waals surface area contributed by atoms with Crippen molar-refractivity contribution in [3.8, 4) is 0 Å². The van der Waals surface area contributed by atoms with E-state index in [0.717, 1.165) is 0 Å². The molecule has 1 N–H and O–H groups in total. The van der Waals surface area contributed by atoms with E-state index in [1.165, 1.54) is 4.90 Å². The monoisotopic (exact) mass is 398 g/mol. The van der Waals surface area contributed by atoms with E-state index in [-0.39, 0.29) is 13.1 Å². The number of hydrogen-bond donors (Lipinski definition) is 1. The standard InChI is InChI=1S/C14H12BrClN4O3/c1-7-17-18-12-6-20(11(14(22)23)5-19(7)12)13(21)9-3-2-8(16)4-10(9)15/h2-4,11H,5-6H2,1H3,(H,22,23). The molecule has 120 valence electrons. The van der Waals surface area contributed by atoms with Crippen molar-refractivity contribution in [1.82, 2.24) is 19.7 Å². The van der Waals surface area contributed by atoms with Crippen LogP contribution >= 0.6 is 27.5 Å². The molecule has 1 aromatic carbocycles. The second-order valence-electron chi connectivity index (χ2n) is 5.19. The number of benzene rings is 1. The van der Waals surface area contributed by atoms with Gasteiger partial charge < -0.3 is 14.6 Å². The lowest BCUT2D eigenvalue weighted by molar-refractivity contribution is -0.143. The highest BCUT2D eigenvalue weighted by atomic mass is 79.9. The molecule has 1 amide bonds. The average molecular weight is 400 g/mol. The molecule has 0 bridgehead atoms. The normalized spacial score (nSPS) is 17.0. The second kappa shape index (κ2) is 5.93. The number of aromatic nitrogens is 3. The van der Waals surface area contributed by atoms with Crippen molar-refractivity contribution in [2.75, 3.05) is 0 Å². The summed E-state index contributed by atoms with van der Waals surface area (Å²) in [5.74, 6) is -0.264. The molecule has 9 heteroatoms. The lowest BCUT2D eigenvalue weighted by Crippen LogP contribution is -2.50. The number of halogens is 2. The van der Waals surface area contributed by atoms with Crippen LogP contribution in [0.1, 0.15) is 22.0 Å². The van der Waals surface area contributed by atoms with Crippen LogP contribution in [-0.2, 0) is 17.9 Å². The number of aliphatic carboxylic acids is 1. The molecular weight excluding hydrogens is 388 g/mol. The topological polar surface area (TPSA) is 88.3 Å². The smallest absolute Gasteiger partial charge is 0.328 e. The van der Waals surface area contributed by atoms with E-state index in [2.05, 4.69) is 26.1 Å². The van der Waals surface area contributed by atoms with Crippen molar-refractivity contribution in [3.05, 3.63) is 44.9 Å². The number of rotatable bonds is 2. The lowest BCUT2D eigenvalue weighted by atomic mass is 10.1. The fourth-order valence-electron chi connectivity index (χ4n) is 2.56. The van der Waals surface area contributed by atoms with Gasteiger partial charge in [0.05, 0.1) is 18.7 Å². The number of amides is 1. The van der Waals surface area contributed by atoms with Crippen LogP contribution in [0.2, 0.25) is 5.02 Å². The predicted octanol–water partition coefficient (Wildman–Crippen LogP) is 2.11. The summed E-state index contributed by atoms with van der Waals surface area (Å²) >= 11 is 9.18. The largest absolute Gasteiger partial charge is 0.480 e. The van der Waals surface area contributed by atoms with Crippen LogP contribution in [0, 0.1) is 6.92 Å². The van der Waals surface area contributed by atoms with E-state index in [0.29, 0.717) is 26.7 Å². The number of fused-ring (bicyclic) bond motifs is 1. The van der Waals surface area contributed by atoms with Crippen LogP contribution < -0.4 is 0 Å². The Labute approximate surface area is 145 Å². The summed E-state index contributed by atoms with van der Waals surface area (Å²) in [6, 6.07) is 3.78. The number of carbonyl (C=O) groups is 2. The summed E-state index contributed by atoms with van der Waals surface area (Å²) in [6.07, 6.45) is 0. The molecule has 23 heavy (non-hydrogen) atoms. The van der Waals surface area contributed by atoms with Gasteiger partial charge in [-0.15, -0.1) is 10.2 Å². The molecule has 1 aliphatic heterocycles. The zero-order valence-electron chi connectivity index (χ0n) is 12.0. The summed E-state index contributed by atoms with van der Waals surface area (Å²) in [6.45, 7) is 1.97. The third-order valence-corrected chi connectivity index (χ3v) is 4.65. The first kappa shape index (κ1) is 15.9. The van der Waals surface area contributed by atoms with Crippen molar-refractivity contribution in [2.45, 2.75) is 26.1 Å². The lowest BCUT2D eigenvalue weighted by Gasteiger charge is -2.33. The highest BCUT2D eigenvalue weighted by Crippen LogP contribution is 2.26. The van der Waals surface area contributed by atoms with Crippen LogP contribution in [0.25, 0.3) is 0 Å². The van der Waals surface area contributed by atoms with Crippen molar-refractivity contribution in [1.29, 1.82) is 0 Å². The summed E-state index contributed by atoms with van der Waals surface area (Å²) in [4.78, 5) is 25.7. The molecule has 2 aromatic rings. The minimum atomic E-state index is -1.07. The van der Waals surface area contributed by atoms with Gasteiger partial charge in [-0.25, -0.2) is 4.79 Å². The number of carboxylic acids is 1. The maximum atomic E-state index is 12.8. The zero-order valence-corrected chi connectivity index (χ0v) is 14.4. The third kappa shape index (κ3) is 2.84. The molecule has 1 aliphatic rings. The fraction of sp³-hybridized carbons (Fsp3) is 0.286. The Morgan fingerprint density at radius 3 is 2.78 bits per heavy atom. The van der Waals surface area contributed by atoms with Crippen LogP contribution in [0.4, 0.5) is 0 Å². The molecule has 1 atom stereocenters. The van der Waals surface area contributed by atoms with Gasteiger partial charge in [-0.2, -0.15) is 0 Å². The average Bonchev–Trinajstić information content (AvgIpc) is 2.86. The van der Waals surface area contributed by atoms with Crippen molar-refractivity contribution < 1.29 is 14.7 Å². The van der Waals surface area contributed by atoms with E-state index in [1.807, 2.05) is 0 Å². The molecule has 7 nitrogen and oxygen atoms in total. The summed E-state index contributed by atoms with van der Waals surface area (Å²) in [7, 11) is 0. The van der Waals surface area contributed by atoms with Crippen LogP contribution in [0.5, 0.6) is 0 Å². The Kier molecular flexibility index (Phi) is 4.11. The van der Waals surface area contributed by atoms with E-state index < -0.39 is 17.9 Å². The molecule has 2 heterocycles. The van der Waals surface area contributed by atoms with Gasteiger partial charge in [0.2, 0.25) is 0 Å². The van der Waals surface area contributed by atoms with Gasteiger partial charge in [0, 0.05) is 9.50 Å². The van der Waals surface area contributed by atoms with Gasteiger partial charge in [0.15, 0.2) is 5.82 Å². The molecular formula is C14H12BrClN4O3. The summed E-state index contributed by atoms with van der Waals surface area (Å²) < 4.78 is 2.24. The molecule has 0 aliphatic carbocycles. The van der Waals surface area contributed by atoms with Crippen LogP contribution in [0.15, 0.2) is 22.7 Å². The molecule has 0 spiro atoms. The summed E-state index contributed by atoms with van der Waals surface area (Å²) in [5, 5.41) is 17.9. The highest BCUT2D eigenvalue weighted by molar-refractivity contribution is 9.10. The second-order valence-corrected chi connectivity index (χ2v) is 6.48. The predicted molar refractivity (Wildman–Crippen MR) is 85.2 cm³/mol. The van der Waals surface area contributed by atoms with E-state index >= 15 is 0 Å². The Morgan fingerprint density at radius 2 is 2.13 bits per heavy atom. The molecule has 0 fully saturated rings. The first-order valence-electron chi connectivity index (χ1n) is 6.76. The number of nitrogens with zero attached hydrogens (tertiary/aromatic N) is 4. The Bertz CT molecular complexity index is 807. The molecule has 0 saturated carbocycles. The van der Waals surface area contributed by atoms with Crippen LogP contribution in [-0.4, -0.2) is 42.7 Å². The van der Waals surface area contributed by atoms with Crippen molar-refractivity contribution in [3.63, 3.8) is 0 Å². The minimum absolute atomic E-state index is 0.0890. The Morgan fingerprint density at radius 1 is 1.39 bits per heavy atom. The maximum absolute atomic E-state index is 12.8.